The Morgan fingerprint density at radius 2 is 2.25 bits per heavy atom. The van der Waals surface area contributed by atoms with Crippen LogP contribution in [0.1, 0.15) is 19.3 Å². The zero-order valence-electron chi connectivity index (χ0n) is 6.98. The lowest BCUT2D eigenvalue weighted by Gasteiger charge is -2.30. The summed E-state index contributed by atoms with van der Waals surface area (Å²) in [5, 5.41) is 7.29. The Bertz CT molecular complexity index is 199. The molecule has 0 radical (unpaired) electrons. The standard InChI is InChI=1S/C8H13ClN2O/c9-6-7-5-8(12-11-7)1-3-10-4-2-8/h10H,1-6H2. The number of hydrogen-bond donors (Lipinski definition) is 1. The van der Waals surface area contributed by atoms with Crippen LogP contribution in [0, 0.1) is 0 Å². The lowest BCUT2D eigenvalue weighted by atomic mass is 9.88. The van der Waals surface area contributed by atoms with Crippen LogP contribution in [-0.2, 0) is 4.84 Å². The first kappa shape index (κ1) is 8.32. The molecular formula is C8H13ClN2O. The van der Waals surface area contributed by atoms with Gasteiger partial charge in [0.05, 0.1) is 11.6 Å². The largest absolute Gasteiger partial charge is 0.389 e. The van der Waals surface area contributed by atoms with E-state index in [2.05, 4.69) is 10.5 Å². The first-order chi connectivity index (χ1) is 5.85. The highest BCUT2D eigenvalue weighted by atomic mass is 35.5. The number of nitrogens with one attached hydrogen (secondary N) is 1. The van der Waals surface area contributed by atoms with Crippen molar-refractivity contribution in [1.29, 1.82) is 0 Å². The molecule has 12 heavy (non-hydrogen) atoms. The summed E-state index contributed by atoms with van der Waals surface area (Å²) in [6, 6.07) is 0. The summed E-state index contributed by atoms with van der Waals surface area (Å²) in [6.45, 7) is 2.07. The summed E-state index contributed by atoms with van der Waals surface area (Å²) in [6.07, 6.45) is 3.03. The molecule has 3 nitrogen and oxygen atoms in total. The highest BCUT2D eigenvalue weighted by molar-refractivity contribution is 6.28. The zero-order chi connectivity index (χ0) is 8.44. The van der Waals surface area contributed by atoms with E-state index in [4.69, 9.17) is 16.4 Å². The minimum Gasteiger partial charge on any atom is -0.389 e. The molecule has 1 fully saturated rings. The van der Waals surface area contributed by atoms with Gasteiger partial charge in [-0.1, -0.05) is 5.16 Å². The van der Waals surface area contributed by atoms with Crippen molar-refractivity contribution in [2.45, 2.75) is 24.9 Å². The molecule has 1 spiro atoms. The van der Waals surface area contributed by atoms with Crippen molar-refractivity contribution in [1.82, 2.24) is 5.32 Å². The fourth-order valence-corrected chi connectivity index (χ4v) is 1.96. The predicted molar refractivity (Wildman–Crippen MR) is 48.7 cm³/mol. The molecule has 0 aromatic heterocycles. The van der Waals surface area contributed by atoms with Crippen LogP contribution in [0.4, 0.5) is 0 Å². The van der Waals surface area contributed by atoms with E-state index in [1.165, 1.54) is 0 Å². The average molecular weight is 189 g/mol. The summed E-state index contributed by atoms with van der Waals surface area (Å²) < 4.78 is 0. The Balaban J connectivity index is 1.97. The fraction of sp³-hybridized carbons (Fsp3) is 0.875. The van der Waals surface area contributed by atoms with Crippen LogP contribution < -0.4 is 5.32 Å². The highest BCUT2D eigenvalue weighted by Gasteiger charge is 2.39. The van der Waals surface area contributed by atoms with E-state index in [0.717, 1.165) is 38.1 Å². The van der Waals surface area contributed by atoms with Crippen LogP contribution in [0.15, 0.2) is 5.16 Å². The van der Waals surface area contributed by atoms with Crippen molar-refractivity contribution in [2.24, 2.45) is 5.16 Å². The van der Waals surface area contributed by atoms with E-state index in [1.54, 1.807) is 0 Å². The fourth-order valence-electron chi connectivity index (χ4n) is 1.82. The van der Waals surface area contributed by atoms with Crippen molar-refractivity contribution in [3.63, 3.8) is 0 Å². The molecule has 2 aliphatic rings. The summed E-state index contributed by atoms with van der Waals surface area (Å²) >= 11 is 5.68. The number of piperidine rings is 1. The number of nitrogens with zero attached hydrogens (tertiary/aromatic N) is 1. The normalized spacial score (nSPS) is 26.9. The molecule has 0 bridgehead atoms. The molecule has 0 aromatic carbocycles. The van der Waals surface area contributed by atoms with Crippen molar-refractivity contribution in [2.75, 3.05) is 19.0 Å². The van der Waals surface area contributed by atoms with Gasteiger partial charge in [-0.2, -0.15) is 0 Å². The van der Waals surface area contributed by atoms with E-state index in [-0.39, 0.29) is 5.60 Å². The second-order valence-electron chi connectivity index (χ2n) is 3.49. The van der Waals surface area contributed by atoms with E-state index in [0.29, 0.717) is 5.88 Å². The Kier molecular flexibility index (Phi) is 2.24. The molecule has 0 saturated carbocycles. The van der Waals surface area contributed by atoms with Gasteiger partial charge in [0.2, 0.25) is 0 Å². The molecular weight excluding hydrogens is 176 g/mol. The summed E-state index contributed by atoms with van der Waals surface area (Å²) in [4.78, 5) is 5.45. The van der Waals surface area contributed by atoms with Gasteiger partial charge in [0.25, 0.3) is 0 Å². The lowest BCUT2D eigenvalue weighted by Crippen LogP contribution is -2.42. The molecule has 4 heteroatoms. The average Bonchev–Trinajstić information content (AvgIpc) is 2.50. The topological polar surface area (TPSA) is 33.6 Å². The van der Waals surface area contributed by atoms with Gasteiger partial charge in [-0.15, -0.1) is 11.6 Å². The molecule has 1 saturated heterocycles. The van der Waals surface area contributed by atoms with Gasteiger partial charge in [-0.05, 0) is 13.1 Å². The maximum Gasteiger partial charge on any atom is 0.145 e. The van der Waals surface area contributed by atoms with E-state index >= 15 is 0 Å². The quantitative estimate of drug-likeness (QED) is 0.626. The predicted octanol–water partition coefficient (Wildman–Crippen LogP) is 1.12. The number of alkyl halides is 1. The number of oxime groups is 1. The Morgan fingerprint density at radius 1 is 1.50 bits per heavy atom. The molecule has 2 aliphatic heterocycles. The number of rotatable bonds is 1. The van der Waals surface area contributed by atoms with Crippen LogP contribution in [-0.4, -0.2) is 30.3 Å². The molecule has 0 amide bonds. The van der Waals surface area contributed by atoms with E-state index in [1.807, 2.05) is 0 Å². The molecule has 0 aliphatic carbocycles. The van der Waals surface area contributed by atoms with Crippen LogP contribution in [0.2, 0.25) is 0 Å². The molecule has 0 atom stereocenters. The molecule has 2 rings (SSSR count). The number of halogens is 1. The van der Waals surface area contributed by atoms with Gasteiger partial charge in [-0.3, -0.25) is 0 Å². The van der Waals surface area contributed by atoms with Gasteiger partial charge in [-0.25, -0.2) is 0 Å². The van der Waals surface area contributed by atoms with Crippen molar-refractivity contribution < 1.29 is 4.84 Å². The number of hydrogen-bond acceptors (Lipinski definition) is 3. The minimum atomic E-state index is -0.00449. The van der Waals surface area contributed by atoms with Crippen LogP contribution >= 0.6 is 11.6 Å². The minimum absolute atomic E-state index is 0.00449. The summed E-state index contributed by atoms with van der Waals surface area (Å²) in [7, 11) is 0. The van der Waals surface area contributed by atoms with Crippen LogP contribution in [0.3, 0.4) is 0 Å². The Labute approximate surface area is 77.1 Å². The Morgan fingerprint density at radius 3 is 2.83 bits per heavy atom. The van der Waals surface area contributed by atoms with Crippen LogP contribution in [0.5, 0.6) is 0 Å². The van der Waals surface area contributed by atoms with Crippen molar-refractivity contribution in [3.8, 4) is 0 Å². The third-order valence-electron chi connectivity index (χ3n) is 2.56. The van der Waals surface area contributed by atoms with Gasteiger partial charge in [0.1, 0.15) is 5.60 Å². The molecule has 2 heterocycles. The lowest BCUT2D eigenvalue weighted by molar-refractivity contribution is -0.0400. The first-order valence-corrected chi connectivity index (χ1v) is 4.89. The summed E-state index contributed by atoms with van der Waals surface area (Å²) in [5.41, 5.74) is 0.994. The smallest absolute Gasteiger partial charge is 0.145 e. The third-order valence-corrected chi connectivity index (χ3v) is 2.87. The van der Waals surface area contributed by atoms with Crippen LogP contribution in [0.25, 0.3) is 0 Å². The summed E-state index contributed by atoms with van der Waals surface area (Å²) in [5.74, 6) is 0.509. The maximum absolute atomic E-state index is 5.68. The van der Waals surface area contributed by atoms with Gasteiger partial charge in [0, 0.05) is 19.3 Å². The second-order valence-corrected chi connectivity index (χ2v) is 3.76. The Hall–Kier alpha value is -0.280. The molecule has 0 unspecified atom stereocenters. The zero-order valence-corrected chi connectivity index (χ0v) is 7.73. The van der Waals surface area contributed by atoms with Crippen molar-refractivity contribution >= 4 is 17.3 Å². The molecule has 68 valence electrons. The van der Waals surface area contributed by atoms with Gasteiger partial charge in [0.15, 0.2) is 0 Å². The third kappa shape index (κ3) is 1.43. The SMILES string of the molecule is ClCC1=NOC2(CCNCC2)C1. The highest BCUT2D eigenvalue weighted by Crippen LogP contribution is 2.32. The van der Waals surface area contributed by atoms with Crippen molar-refractivity contribution in [3.05, 3.63) is 0 Å². The van der Waals surface area contributed by atoms with E-state index in [9.17, 15) is 0 Å². The van der Waals surface area contributed by atoms with E-state index < -0.39 is 0 Å². The first-order valence-electron chi connectivity index (χ1n) is 4.35. The van der Waals surface area contributed by atoms with Gasteiger partial charge >= 0.3 is 0 Å². The molecule has 1 N–H and O–H groups in total. The second kappa shape index (κ2) is 3.23. The molecule has 0 aromatic rings. The van der Waals surface area contributed by atoms with Gasteiger partial charge < -0.3 is 10.2 Å². The monoisotopic (exact) mass is 188 g/mol. The maximum atomic E-state index is 5.68.